The van der Waals surface area contributed by atoms with Crippen LogP contribution in [0.4, 0.5) is 0 Å². The molecule has 0 atom stereocenters. The van der Waals surface area contributed by atoms with Crippen molar-refractivity contribution in [1.29, 1.82) is 0 Å². The zero-order valence-corrected chi connectivity index (χ0v) is 14.4. The number of hydrogen-bond donors (Lipinski definition) is 2. The smallest absolute Gasteiger partial charge is 0.191 e. The van der Waals surface area contributed by atoms with Crippen molar-refractivity contribution in [1.82, 2.24) is 10.6 Å². The molecule has 1 fully saturated rings. The van der Waals surface area contributed by atoms with E-state index in [2.05, 4.69) is 52.5 Å². The number of aliphatic imine (C=N–C) groups is 1. The van der Waals surface area contributed by atoms with Crippen molar-refractivity contribution in [2.24, 2.45) is 10.4 Å². The summed E-state index contributed by atoms with van der Waals surface area (Å²) in [5.41, 5.74) is 1.85. The summed E-state index contributed by atoms with van der Waals surface area (Å²) in [4.78, 5) is 4.21. The fourth-order valence-corrected chi connectivity index (χ4v) is 2.28. The number of nitrogens with one attached hydrogen (secondary N) is 2. The SMILES string of the molecule is C=CCNC(=NC)NCC1(Cc2ccccc2)CC1.I. The molecule has 1 aliphatic carbocycles. The predicted molar refractivity (Wildman–Crippen MR) is 96.8 cm³/mol. The zero-order valence-electron chi connectivity index (χ0n) is 12.1. The normalized spacial score (nSPS) is 15.9. The zero-order chi connectivity index (χ0) is 13.6. The molecule has 0 heterocycles. The van der Waals surface area contributed by atoms with Gasteiger partial charge in [0.25, 0.3) is 0 Å². The summed E-state index contributed by atoms with van der Waals surface area (Å²) in [6.07, 6.45) is 5.59. The highest BCUT2D eigenvalue weighted by Gasteiger charge is 2.42. The summed E-state index contributed by atoms with van der Waals surface area (Å²) in [6, 6.07) is 10.7. The van der Waals surface area contributed by atoms with E-state index in [0.29, 0.717) is 5.41 Å². The van der Waals surface area contributed by atoms with Crippen molar-refractivity contribution in [3.05, 3.63) is 48.6 Å². The van der Waals surface area contributed by atoms with Crippen molar-refractivity contribution in [2.45, 2.75) is 19.3 Å². The summed E-state index contributed by atoms with van der Waals surface area (Å²) in [7, 11) is 1.80. The largest absolute Gasteiger partial charge is 0.356 e. The molecule has 0 bridgehead atoms. The maximum Gasteiger partial charge on any atom is 0.191 e. The Labute approximate surface area is 139 Å². The Hall–Kier alpha value is -1.04. The van der Waals surface area contributed by atoms with Crippen LogP contribution in [0.5, 0.6) is 0 Å². The van der Waals surface area contributed by atoms with Gasteiger partial charge in [-0.1, -0.05) is 36.4 Å². The van der Waals surface area contributed by atoms with Crippen molar-refractivity contribution in [3.8, 4) is 0 Å². The highest BCUT2D eigenvalue weighted by Crippen LogP contribution is 2.47. The van der Waals surface area contributed by atoms with Crippen molar-refractivity contribution >= 4 is 29.9 Å². The second-order valence-electron chi connectivity index (χ2n) is 5.26. The van der Waals surface area contributed by atoms with Gasteiger partial charge in [0.2, 0.25) is 0 Å². The number of nitrogens with zero attached hydrogens (tertiary/aromatic N) is 1. The summed E-state index contributed by atoms with van der Waals surface area (Å²) in [5.74, 6) is 0.860. The molecule has 1 aliphatic rings. The third kappa shape index (κ3) is 5.15. The summed E-state index contributed by atoms with van der Waals surface area (Å²) >= 11 is 0. The van der Waals surface area contributed by atoms with Crippen LogP contribution in [-0.4, -0.2) is 26.1 Å². The molecule has 0 spiro atoms. The molecule has 110 valence electrons. The molecule has 0 saturated heterocycles. The Morgan fingerprint density at radius 2 is 2.00 bits per heavy atom. The molecule has 2 N–H and O–H groups in total. The average Bonchev–Trinajstić information content (AvgIpc) is 3.20. The second-order valence-corrected chi connectivity index (χ2v) is 5.26. The lowest BCUT2D eigenvalue weighted by atomic mass is 9.96. The van der Waals surface area contributed by atoms with Gasteiger partial charge in [0.05, 0.1) is 0 Å². The van der Waals surface area contributed by atoms with Crippen LogP contribution in [0.15, 0.2) is 48.0 Å². The minimum absolute atomic E-state index is 0. The lowest BCUT2D eigenvalue weighted by Crippen LogP contribution is -2.40. The Morgan fingerprint density at radius 1 is 1.30 bits per heavy atom. The minimum Gasteiger partial charge on any atom is -0.356 e. The second kappa shape index (κ2) is 8.29. The molecule has 1 saturated carbocycles. The summed E-state index contributed by atoms with van der Waals surface area (Å²) in [5, 5.41) is 6.62. The van der Waals surface area contributed by atoms with Crippen LogP contribution in [0.25, 0.3) is 0 Å². The lowest BCUT2D eigenvalue weighted by Gasteiger charge is -2.18. The number of hydrogen-bond acceptors (Lipinski definition) is 1. The van der Waals surface area contributed by atoms with Gasteiger partial charge in [-0.3, -0.25) is 4.99 Å². The molecular formula is C16H24IN3. The Bertz CT molecular complexity index is 438. The van der Waals surface area contributed by atoms with Crippen molar-refractivity contribution in [3.63, 3.8) is 0 Å². The van der Waals surface area contributed by atoms with Gasteiger partial charge in [-0.2, -0.15) is 0 Å². The maximum absolute atomic E-state index is 4.21. The molecule has 3 nitrogen and oxygen atoms in total. The van der Waals surface area contributed by atoms with E-state index in [1.807, 2.05) is 6.08 Å². The van der Waals surface area contributed by atoms with Crippen LogP contribution >= 0.6 is 24.0 Å². The lowest BCUT2D eigenvalue weighted by molar-refractivity contribution is 0.493. The van der Waals surface area contributed by atoms with E-state index < -0.39 is 0 Å². The van der Waals surface area contributed by atoms with Crippen LogP contribution < -0.4 is 10.6 Å². The molecule has 0 radical (unpaired) electrons. The Kier molecular flexibility index (Phi) is 7.05. The molecule has 2 rings (SSSR count). The number of benzene rings is 1. The van der Waals surface area contributed by atoms with E-state index in [9.17, 15) is 0 Å². The highest BCUT2D eigenvalue weighted by molar-refractivity contribution is 14.0. The number of halogens is 1. The predicted octanol–water partition coefficient (Wildman–Crippen LogP) is 2.98. The first kappa shape index (κ1) is 17.0. The third-order valence-corrected chi connectivity index (χ3v) is 3.65. The first-order valence-corrected chi connectivity index (χ1v) is 6.87. The number of guanidine groups is 1. The van der Waals surface area contributed by atoms with Gasteiger partial charge in [-0.25, -0.2) is 0 Å². The monoisotopic (exact) mass is 385 g/mol. The number of rotatable bonds is 6. The van der Waals surface area contributed by atoms with Gasteiger partial charge in [-0.05, 0) is 30.2 Å². The highest BCUT2D eigenvalue weighted by atomic mass is 127. The molecule has 0 unspecified atom stereocenters. The molecule has 0 aliphatic heterocycles. The first-order chi connectivity index (χ1) is 9.28. The van der Waals surface area contributed by atoms with Gasteiger partial charge in [0.15, 0.2) is 5.96 Å². The summed E-state index contributed by atoms with van der Waals surface area (Å²) in [6.45, 7) is 5.42. The third-order valence-electron chi connectivity index (χ3n) is 3.65. The Balaban J connectivity index is 0.00000200. The standard InChI is InChI=1S/C16H23N3.HI/c1-3-11-18-15(17-2)19-13-16(9-10-16)12-14-7-5-4-6-8-14;/h3-8H,1,9-13H2,2H3,(H2,17,18,19);1H. The first-order valence-electron chi connectivity index (χ1n) is 6.87. The van der Waals surface area contributed by atoms with Gasteiger partial charge >= 0.3 is 0 Å². The van der Waals surface area contributed by atoms with E-state index in [0.717, 1.165) is 25.5 Å². The molecule has 0 amide bonds. The Morgan fingerprint density at radius 3 is 2.55 bits per heavy atom. The van der Waals surface area contributed by atoms with E-state index >= 15 is 0 Å². The molecule has 1 aromatic carbocycles. The van der Waals surface area contributed by atoms with Crippen LogP contribution in [0, 0.1) is 5.41 Å². The van der Waals surface area contributed by atoms with Gasteiger partial charge in [0.1, 0.15) is 0 Å². The molecular weight excluding hydrogens is 361 g/mol. The van der Waals surface area contributed by atoms with Crippen LogP contribution in [0.3, 0.4) is 0 Å². The van der Waals surface area contributed by atoms with E-state index in [1.54, 1.807) is 7.05 Å². The minimum atomic E-state index is 0. The van der Waals surface area contributed by atoms with Crippen LogP contribution in [0.1, 0.15) is 18.4 Å². The van der Waals surface area contributed by atoms with Crippen LogP contribution in [-0.2, 0) is 6.42 Å². The van der Waals surface area contributed by atoms with Crippen molar-refractivity contribution < 1.29 is 0 Å². The quantitative estimate of drug-likeness (QED) is 0.342. The molecule has 4 heteroatoms. The fraction of sp³-hybridized carbons (Fsp3) is 0.438. The van der Waals surface area contributed by atoms with E-state index in [1.165, 1.54) is 18.4 Å². The maximum atomic E-state index is 4.21. The topological polar surface area (TPSA) is 36.4 Å². The van der Waals surface area contributed by atoms with E-state index in [-0.39, 0.29) is 24.0 Å². The van der Waals surface area contributed by atoms with Gasteiger partial charge < -0.3 is 10.6 Å². The fourth-order valence-electron chi connectivity index (χ4n) is 2.28. The molecule has 20 heavy (non-hydrogen) atoms. The summed E-state index contributed by atoms with van der Waals surface area (Å²) < 4.78 is 0. The molecule has 0 aromatic heterocycles. The van der Waals surface area contributed by atoms with Crippen LogP contribution in [0.2, 0.25) is 0 Å². The average molecular weight is 385 g/mol. The van der Waals surface area contributed by atoms with Gasteiger partial charge in [0, 0.05) is 20.1 Å². The molecule has 1 aromatic rings. The van der Waals surface area contributed by atoms with E-state index in [4.69, 9.17) is 0 Å². The van der Waals surface area contributed by atoms with Gasteiger partial charge in [-0.15, -0.1) is 30.6 Å². The van der Waals surface area contributed by atoms with Crippen molar-refractivity contribution in [2.75, 3.05) is 20.1 Å².